The average Bonchev–Trinajstić information content (AvgIpc) is 3.39. The van der Waals surface area contributed by atoms with Crippen LogP contribution in [-0.4, -0.2) is 38.9 Å². The molecule has 0 spiro atoms. The van der Waals surface area contributed by atoms with Gasteiger partial charge in [-0.1, -0.05) is 30.1 Å². The van der Waals surface area contributed by atoms with E-state index in [1.54, 1.807) is 28.2 Å². The smallest absolute Gasteiger partial charge is 0.186 e. The van der Waals surface area contributed by atoms with Gasteiger partial charge in [-0.25, -0.2) is 9.97 Å². The zero-order chi connectivity index (χ0) is 22.0. The fourth-order valence-electron chi connectivity index (χ4n) is 3.61. The van der Waals surface area contributed by atoms with Crippen molar-refractivity contribution in [3.05, 3.63) is 54.5 Å². The minimum Gasteiger partial charge on any atom is -0.348 e. The zero-order valence-corrected chi connectivity index (χ0v) is 18.6. The lowest BCUT2D eigenvalue weighted by Gasteiger charge is -2.29. The quantitative estimate of drug-likeness (QED) is 0.483. The number of aromatic nitrogens is 4. The second-order valence-electron chi connectivity index (χ2n) is 7.69. The Morgan fingerprint density at radius 3 is 2.81 bits per heavy atom. The van der Waals surface area contributed by atoms with Crippen molar-refractivity contribution < 1.29 is 0 Å². The van der Waals surface area contributed by atoms with E-state index < -0.39 is 0 Å². The first-order valence-electron chi connectivity index (χ1n) is 10.2. The van der Waals surface area contributed by atoms with Crippen molar-refractivity contribution in [3.63, 3.8) is 0 Å². The second kappa shape index (κ2) is 8.84. The van der Waals surface area contributed by atoms with Gasteiger partial charge in [-0.2, -0.15) is 10.4 Å². The molecule has 0 atom stereocenters. The van der Waals surface area contributed by atoms with E-state index in [9.17, 15) is 5.26 Å². The van der Waals surface area contributed by atoms with Gasteiger partial charge in [-0.15, -0.1) is 0 Å². The summed E-state index contributed by atoms with van der Waals surface area (Å²) in [5.41, 5.74) is 10.3. The highest BCUT2D eigenvalue weighted by molar-refractivity contribution is 7.19. The third kappa shape index (κ3) is 4.29. The summed E-state index contributed by atoms with van der Waals surface area (Å²) in [6, 6.07) is 4.50. The minimum atomic E-state index is 0.266. The Labute approximate surface area is 185 Å². The predicted molar refractivity (Wildman–Crippen MR) is 127 cm³/mol. The predicted octanol–water partition coefficient (Wildman–Crippen LogP) is 4.06. The van der Waals surface area contributed by atoms with E-state index in [0.717, 1.165) is 63.8 Å². The molecular formula is C23H25N7S. The number of thiazole rings is 1. The highest BCUT2D eigenvalue weighted by atomic mass is 32.1. The van der Waals surface area contributed by atoms with Crippen molar-refractivity contribution in [2.75, 3.05) is 18.0 Å². The molecule has 7 nitrogen and oxygen atoms in total. The average molecular weight is 432 g/mol. The highest BCUT2D eigenvalue weighted by Crippen LogP contribution is 2.39. The molecule has 0 bridgehead atoms. The third-order valence-electron chi connectivity index (χ3n) is 5.50. The molecule has 0 saturated carbocycles. The van der Waals surface area contributed by atoms with Crippen LogP contribution in [0, 0.1) is 11.3 Å². The summed E-state index contributed by atoms with van der Waals surface area (Å²) in [7, 11) is 1.89. The molecule has 31 heavy (non-hydrogen) atoms. The molecule has 1 aliphatic heterocycles. The van der Waals surface area contributed by atoms with Crippen molar-refractivity contribution in [1.82, 2.24) is 19.7 Å². The van der Waals surface area contributed by atoms with Crippen molar-refractivity contribution in [2.45, 2.75) is 25.8 Å². The first kappa shape index (κ1) is 21.0. The molecule has 1 aliphatic rings. The van der Waals surface area contributed by atoms with Crippen molar-refractivity contribution in [3.8, 4) is 16.5 Å². The normalized spacial score (nSPS) is 16.0. The first-order valence-corrected chi connectivity index (χ1v) is 11.0. The van der Waals surface area contributed by atoms with Gasteiger partial charge in [-0.3, -0.25) is 4.68 Å². The molecule has 0 radical (unpaired) electrons. The summed E-state index contributed by atoms with van der Waals surface area (Å²) in [4.78, 5) is 13.0. The number of hydrogen-bond donors (Lipinski definition) is 1. The molecule has 0 unspecified atom stereocenters. The summed E-state index contributed by atoms with van der Waals surface area (Å²) in [6.07, 6.45) is 10.9. The van der Waals surface area contributed by atoms with E-state index in [2.05, 4.69) is 33.7 Å². The highest BCUT2D eigenvalue weighted by Gasteiger charge is 2.22. The first-order chi connectivity index (χ1) is 15.0. The van der Waals surface area contributed by atoms with Crippen LogP contribution >= 0.6 is 11.3 Å². The molecule has 8 heteroatoms. The Balaban J connectivity index is 1.79. The van der Waals surface area contributed by atoms with Crippen LogP contribution in [0.4, 0.5) is 5.13 Å². The molecule has 1 fully saturated rings. The van der Waals surface area contributed by atoms with E-state index in [4.69, 9.17) is 10.7 Å². The van der Waals surface area contributed by atoms with Crippen LogP contribution in [0.3, 0.4) is 0 Å². The number of nitriles is 1. The molecule has 4 heterocycles. The molecule has 0 aliphatic carbocycles. The molecular weight excluding hydrogens is 406 g/mol. The number of hydrogen-bond acceptors (Lipinski definition) is 7. The van der Waals surface area contributed by atoms with Crippen LogP contribution in [-0.2, 0) is 7.05 Å². The number of rotatable bonds is 5. The number of pyridine rings is 1. The monoisotopic (exact) mass is 431 g/mol. The largest absolute Gasteiger partial charge is 0.348 e. The number of anilines is 1. The van der Waals surface area contributed by atoms with Gasteiger partial charge in [0.25, 0.3) is 0 Å². The molecule has 0 aromatic carbocycles. The van der Waals surface area contributed by atoms with E-state index in [1.807, 2.05) is 32.4 Å². The number of fused-ring (bicyclic) bond motifs is 1. The lowest BCUT2D eigenvalue weighted by atomic mass is 10.1. The van der Waals surface area contributed by atoms with Gasteiger partial charge in [0.15, 0.2) is 10.8 Å². The molecule has 158 valence electrons. The van der Waals surface area contributed by atoms with E-state index in [1.165, 1.54) is 0 Å². The standard InChI is InChI=1S/C23H25N7S/c1-4-16(12-24)6-5-15(2)20-21(17-11-18-14-27-29(3)22(18)26-13-17)31-23(28-20)30-9-7-19(25)8-10-30/h4-6,11,13-14,19H,1,7-10,25H2,2-3H3/b15-5+,16-6+. The Morgan fingerprint density at radius 1 is 1.32 bits per heavy atom. The fraction of sp³-hybridized carbons (Fsp3) is 0.304. The van der Waals surface area contributed by atoms with Crippen LogP contribution in [0.2, 0.25) is 0 Å². The summed E-state index contributed by atoms with van der Waals surface area (Å²) in [5, 5.41) is 15.5. The molecule has 3 aromatic rings. The molecule has 1 saturated heterocycles. The maximum atomic E-state index is 9.17. The van der Waals surface area contributed by atoms with E-state index in [-0.39, 0.29) is 6.04 Å². The topological polar surface area (TPSA) is 96.7 Å². The molecule has 2 N–H and O–H groups in total. The molecule has 0 amide bonds. The van der Waals surface area contributed by atoms with Crippen LogP contribution in [0.5, 0.6) is 0 Å². The third-order valence-corrected chi connectivity index (χ3v) is 6.66. The van der Waals surface area contributed by atoms with Gasteiger partial charge in [-0.05, 0) is 37.5 Å². The SMILES string of the molecule is C=C/C(C#N)=C\C=C(/C)c1nc(N2CCC(N)CC2)sc1-c1cnc2c(cnn2C)c1. The number of aryl methyl sites for hydroxylation is 1. The van der Waals surface area contributed by atoms with Crippen LogP contribution in [0.1, 0.15) is 25.5 Å². The van der Waals surface area contributed by atoms with Gasteiger partial charge in [0, 0.05) is 43.3 Å². The number of piperidine rings is 1. The Kier molecular flexibility index (Phi) is 5.98. The Hall–Kier alpha value is -3.28. The van der Waals surface area contributed by atoms with Gasteiger partial charge in [0.1, 0.15) is 0 Å². The van der Waals surface area contributed by atoms with E-state index >= 15 is 0 Å². The second-order valence-corrected chi connectivity index (χ2v) is 8.67. The summed E-state index contributed by atoms with van der Waals surface area (Å²) in [6.45, 7) is 7.51. The van der Waals surface area contributed by atoms with Gasteiger partial charge in [0.2, 0.25) is 0 Å². The lowest BCUT2D eigenvalue weighted by molar-refractivity contribution is 0.501. The summed E-state index contributed by atoms with van der Waals surface area (Å²) in [5.74, 6) is 0. The van der Waals surface area contributed by atoms with Crippen molar-refractivity contribution in [2.24, 2.45) is 12.8 Å². The van der Waals surface area contributed by atoms with Gasteiger partial charge in [0.05, 0.1) is 28.4 Å². The number of allylic oxidation sites excluding steroid dienone is 5. The van der Waals surface area contributed by atoms with E-state index in [0.29, 0.717) is 5.57 Å². The molecule has 3 aromatic heterocycles. The Bertz CT molecular complexity index is 1220. The zero-order valence-electron chi connectivity index (χ0n) is 17.7. The number of nitrogens with two attached hydrogens (primary N) is 1. The summed E-state index contributed by atoms with van der Waals surface area (Å²) >= 11 is 1.67. The minimum absolute atomic E-state index is 0.266. The van der Waals surface area contributed by atoms with Crippen LogP contribution in [0.15, 0.2) is 48.8 Å². The van der Waals surface area contributed by atoms with Gasteiger partial charge < -0.3 is 10.6 Å². The maximum absolute atomic E-state index is 9.17. The maximum Gasteiger partial charge on any atom is 0.186 e. The van der Waals surface area contributed by atoms with Gasteiger partial charge >= 0.3 is 0 Å². The lowest BCUT2D eigenvalue weighted by Crippen LogP contribution is -2.39. The molecule has 4 rings (SSSR count). The van der Waals surface area contributed by atoms with Crippen molar-refractivity contribution in [1.29, 1.82) is 5.26 Å². The van der Waals surface area contributed by atoms with Crippen LogP contribution < -0.4 is 10.6 Å². The van der Waals surface area contributed by atoms with Crippen LogP contribution in [0.25, 0.3) is 27.0 Å². The fourth-order valence-corrected chi connectivity index (χ4v) is 4.77. The summed E-state index contributed by atoms with van der Waals surface area (Å²) < 4.78 is 1.77. The van der Waals surface area contributed by atoms with Crippen molar-refractivity contribution >= 4 is 33.1 Å². The number of nitrogens with zero attached hydrogens (tertiary/aromatic N) is 6. The Morgan fingerprint density at radius 2 is 2.10 bits per heavy atom.